The van der Waals surface area contributed by atoms with Crippen molar-refractivity contribution in [1.82, 2.24) is 20.0 Å². The van der Waals surface area contributed by atoms with E-state index in [1.165, 1.54) is 0 Å². The molecule has 0 radical (unpaired) electrons. The van der Waals surface area contributed by atoms with Gasteiger partial charge in [-0.1, -0.05) is 0 Å². The summed E-state index contributed by atoms with van der Waals surface area (Å²) in [6.07, 6.45) is 6.65. The largest absolute Gasteiger partial charge is 0.352 e. The average molecular weight is 379 g/mol. The Kier molecular flexibility index (Phi) is 7.10. The third-order valence-electron chi connectivity index (χ3n) is 6.30. The van der Waals surface area contributed by atoms with E-state index in [9.17, 15) is 14.4 Å². The summed E-state index contributed by atoms with van der Waals surface area (Å²) in [5.41, 5.74) is 0. The van der Waals surface area contributed by atoms with Gasteiger partial charge in [-0.3, -0.25) is 19.3 Å². The van der Waals surface area contributed by atoms with Gasteiger partial charge >= 0.3 is 0 Å². The second-order valence-electron chi connectivity index (χ2n) is 8.36. The summed E-state index contributed by atoms with van der Waals surface area (Å²) in [7, 11) is 0. The first-order chi connectivity index (χ1) is 13.0. The van der Waals surface area contributed by atoms with Crippen LogP contribution in [0.3, 0.4) is 0 Å². The quantitative estimate of drug-likeness (QED) is 0.769. The van der Waals surface area contributed by atoms with Crippen molar-refractivity contribution in [2.45, 2.75) is 57.9 Å². The second-order valence-corrected chi connectivity index (χ2v) is 8.36. The molecule has 1 N–H and O–H groups in total. The molecule has 3 heterocycles. The van der Waals surface area contributed by atoms with Gasteiger partial charge in [-0.25, -0.2) is 0 Å². The molecule has 0 spiro atoms. The van der Waals surface area contributed by atoms with Crippen LogP contribution in [0.1, 0.15) is 51.9 Å². The predicted molar refractivity (Wildman–Crippen MR) is 103 cm³/mol. The predicted octanol–water partition coefficient (Wildman–Crippen LogP) is 0.838. The highest BCUT2D eigenvalue weighted by molar-refractivity contribution is 5.78. The van der Waals surface area contributed by atoms with Crippen LogP contribution in [-0.2, 0) is 14.4 Å². The number of carbonyl (C=O) groups is 3. The van der Waals surface area contributed by atoms with E-state index in [4.69, 9.17) is 0 Å². The molecule has 3 amide bonds. The van der Waals surface area contributed by atoms with Crippen molar-refractivity contribution in [3.63, 3.8) is 0 Å². The van der Waals surface area contributed by atoms with Crippen LogP contribution in [0, 0.1) is 5.92 Å². The van der Waals surface area contributed by atoms with Gasteiger partial charge in [-0.15, -0.1) is 0 Å². The molecule has 152 valence electrons. The molecule has 0 aliphatic carbocycles. The molecule has 0 aromatic rings. The lowest BCUT2D eigenvalue weighted by molar-refractivity contribution is -0.132. The third kappa shape index (κ3) is 5.92. The molecular formula is C20H34N4O3. The van der Waals surface area contributed by atoms with Crippen LogP contribution < -0.4 is 5.32 Å². The van der Waals surface area contributed by atoms with Gasteiger partial charge in [0.25, 0.3) is 0 Å². The van der Waals surface area contributed by atoms with Crippen molar-refractivity contribution in [3.8, 4) is 0 Å². The number of nitrogens with one attached hydrogen (secondary N) is 1. The van der Waals surface area contributed by atoms with Gasteiger partial charge in [0.05, 0.1) is 6.54 Å². The van der Waals surface area contributed by atoms with E-state index in [0.717, 1.165) is 77.8 Å². The molecular weight excluding hydrogens is 344 g/mol. The summed E-state index contributed by atoms with van der Waals surface area (Å²) in [6.45, 7) is 7.17. The number of piperidine rings is 2. The van der Waals surface area contributed by atoms with Crippen LogP contribution in [0.2, 0.25) is 0 Å². The fraction of sp³-hybridized carbons (Fsp3) is 0.850. The molecule has 0 bridgehead atoms. The van der Waals surface area contributed by atoms with Crippen LogP contribution in [0.25, 0.3) is 0 Å². The van der Waals surface area contributed by atoms with Gasteiger partial charge in [0.15, 0.2) is 0 Å². The van der Waals surface area contributed by atoms with Gasteiger partial charge in [0.1, 0.15) is 0 Å². The topological polar surface area (TPSA) is 73.0 Å². The third-order valence-corrected chi connectivity index (χ3v) is 6.30. The van der Waals surface area contributed by atoms with Gasteiger partial charge in [0.2, 0.25) is 17.7 Å². The number of hydrogen-bond acceptors (Lipinski definition) is 4. The molecule has 3 fully saturated rings. The van der Waals surface area contributed by atoms with E-state index in [2.05, 4.69) is 10.2 Å². The number of amides is 3. The summed E-state index contributed by atoms with van der Waals surface area (Å²) in [6, 6.07) is 0.184. The SMILES string of the molecule is CC(=O)N1CCC(NC(=O)CN2CCC(CC(=O)N3CCCC3)CC2)CC1. The zero-order valence-electron chi connectivity index (χ0n) is 16.6. The number of rotatable bonds is 5. The van der Waals surface area contributed by atoms with Crippen molar-refractivity contribution < 1.29 is 14.4 Å². The van der Waals surface area contributed by atoms with E-state index in [1.807, 2.05) is 9.80 Å². The van der Waals surface area contributed by atoms with Gasteiger partial charge in [-0.2, -0.15) is 0 Å². The second kappa shape index (κ2) is 9.53. The molecule has 0 saturated carbocycles. The molecule has 0 atom stereocenters. The van der Waals surface area contributed by atoms with Crippen molar-refractivity contribution in [2.24, 2.45) is 5.92 Å². The first-order valence-electron chi connectivity index (χ1n) is 10.6. The summed E-state index contributed by atoms with van der Waals surface area (Å²) in [4.78, 5) is 42.0. The lowest BCUT2D eigenvalue weighted by Crippen LogP contribution is -2.49. The zero-order valence-corrected chi connectivity index (χ0v) is 16.6. The Morgan fingerprint density at radius 3 is 2.07 bits per heavy atom. The smallest absolute Gasteiger partial charge is 0.234 e. The number of carbonyl (C=O) groups excluding carboxylic acids is 3. The van der Waals surface area contributed by atoms with Crippen molar-refractivity contribution >= 4 is 17.7 Å². The standard InChI is InChI=1S/C20H34N4O3/c1-16(25)23-12-6-18(7-13-23)21-19(26)15-22-10-4-17(5-11-22)14-20(27)24-8-2-3-9-24/h17-18H,2-15H2,1H3,(H,21,26). The highest BCUT2D eigenvalue weighted by atomic mass is 16.2. The normalized spacial score (nSPS) is 22.9. The number of nitrogens with zero attached hydrogens (tertiary/aromatic N) is 3. The van der Waals surface area contributed by atoms with E-state index >= 15 is 0 Å². The maximum absolute atomic E-state index is 12.3. The van der Waals surface area contributed by atoms with Crippen LogP contribution in [0.5, 0.6) is 0 Å². The molecule has 27 heavy (non-hydrogen) atoms. The van der Waals surface area contributed by atoms with Crippen LogP contribution in [0.4, 0.5) is 0 Å². The van der Waals surface area contributed by atoms with E-state index in [0.29, 0.717) is 24.8 Å². The fourth-order valence-corrected chi connectivity index (χ4v) is 4.51. The monoisotopic (exact) mass is 378 g/mol. The lowest BCUT2D eigenvalue weighted by Gasteiger charge is -2.34. The summed E-state index contributed by atoms with van der Waals surface area (Å²) < 4.78 is 0. The van der Waals surface area contributed by atoms with Crippen molar-refractivity contribution in [2.75, 3.05) is 45.8 Å². The molecule has 7 heteroatoms. The molecule has 3 aliphatic rings. The van der Waals surface area contributed by atoms with E-state index < -0.39 is 0 Å². The summed E-state index contributed by atoms with van der Waals surface area (Å²) in [5.74, 6) is 0.989. The maximum Gasteiger partial charge on any atom is 0.234 e. The average Bonchev–Trinajstić information content (AvgIpc) is 3.18. The Morgan fingerprint density at radius 1 is 0.852 bits per heavy atom. The Morgan fingerprint density at radius 2 is 1.48 bits per heavy atom. The van der Waals surface area contributed by atoms with Crippen LogP contribution in [0.15, 0.2) is 0 Å². The summed E-state index contributed by atoms with van der Waals surface area (Å²) in [5, 5.41) is 3.13. The van der Waals surface area contributed by atoms with E-state index in [-0.39, 0.29) is 17.9 Å². The first-order valence-corrected chi connectivity index (χ1v) is 10.6. The van der Waals surface area contributed by atoms with Gasteiger partial charge in [-0.05, 0) is 57.5 Å². The van der Waals surface area contributed by atoms with Gasteiger partial charge in [0, 0.05) is 45.6 Å². The minimum atomic E-state index is 0.0860. The minimum absolute atomic E-state index is 0.0860. The van der Waals surface area contributed by atoms with Crippen LogP contribution >= 0.6 is 0 Å². The Hall–Kier alpha value is -1.63. The molecule has 3 aliphatic heterocycles. The highest BCUT2D eigenvalue weighted by Gasteiger charge is 2.27. The van der Waals surface area contributed by atoms with Crippen molar-refractivity contribution in [3.05, 3.63) is 0 Å². The van der Waals surface area contributed by atoms with Crippen LogP contribution in [-0.4, -0.2) is 84.3 Å². The molecule has 0 unspecified atom stereocenters. The molecule has 0 aromatic heterocycles. The number of likely N-dealkylation sites (tertiary alicyclic amines) is 3. The minimum Gasteiger partial charge on any atom is -0.352 e. The fourth-order valence-electron chi connectivity index (χ4n) is 4.51. The Bertz CT molecular complexity index is 531. The van der Waals surface area contributed by atoms with E-state index in [1.54, 1.807) is 6.92 Å². The molecule has 0 aromatic carbocycles. The Balaban J connectivity index is 1.31. The highest BCUT2D eigenvalue weighted by Crippen LogP contribution is 2.22. The first kappa shape index (κ1) is 20.1. The maximum atomic E-state index is 12.3. The summed E-state index contributed by atoms with van der Waals surface area (Å²) >= 11 is 0. The molecule has 3 saturated heterocycles. The number of hydrogen-bond donors (Lipinski definition) is 1. The Labute approximate surface area is 162 Å². The lowest BCUT2D eigenvalue weighted by atomic mass is 9.93. The van der Waals surface area contributed by atoms with Crippen molar-refractivity contribution in [1.29, 1.82) is 0 Å². The molecule has 7 nitrogen and oxygen atoms in total. The zero-order chi connectivity index (χ0) is 19.2. The van der Waals surface area contributed by atoms with Gasteiger partial charge < -0.3 is 15.1 Å². The molecule has 3 rings (SSSR count).